The van der Waals surface area contributed by atoms with Crippen molar-refractivity contribution in [3.8, 4) is 0 Å². The Kier molecular flexibility index (Phi) is 3.78. The quantitative estimate of drug-likeness (QED) is 0.511. The van der Waals surface area contributed by atoms with Crippen LogP contribution in [0.25, 0.3) is 0 Å². The largest absolute Gasteiger partial charge is 0.498 e. The highest BCUT2D eigenvalue weighted by molar-refractivity contribution is 6.59. The van der Waals surface area contributed by atoms with Crippen molar-refractivity contribution in [3.63, 3.8) is 0 Å². The van der Waals surface area contributed by atoms with Crippen molar-refractivity contribution in [1.82, 2.24) is 0 Å². The van der Waals surface area contributed by atoms with Crippen molar-refractivity contribution in [2.75, 3.05) is 6.61 Å². The Bertz CT molecular complexity index is 295. The maximum Gasteiger partial charge on any atom is 0.144 e. The molecule has 16 heavy (non-hydrogen) atoms. The Morgan fingerprint density at radius 2 is 2.31 bits per heavy atom. The van der Waals surface area contributed by atoms with E-state index in [0.717, 1.165) is 25.2 Å². The van der Waals surface area contributed by atoms with Crippen molar-refractivity contribution in [1.29, 1.82) is 0 Å². The van der Waals surface area contributed by atoms with Gasteiger partial charge in [-0.25, -0.2) is 0 Å². The molecule has 2 aliphatic rings. The zero-order valence-electron chi connectivity index (χ0n) is 10.7. The molecular weight excluding hydrogens is 195 g/mol. The van der Waals surface area contributed by atoms with Gasteiger partial charge in [0.2, 0.25) is 0 Å². The molecule has 0 aromatic carbocycles. The van der Waals surface area contributed by atoms with E-state index in [1.807, 2.05) is 0 Å². The summed E-state index contributed by atoms with van der Waals surface area (Å²) >= 11 is 0. The molecule has 1 aliphatic carbocycles. The van der Waals surface area contributed by atoms with E-state index in [9.17, 15) is 0 Å². The van der Waals surface area contributed by atoms with Crippen LogP contribution in [-0.2, 0) is 4.74 Å². The molecule has 2 rings (SSSR count). The van der Waals surface area contributed by atoms with Crippen molar-refractivity contribution in [2.45, 2.75) is 45.6 Å². The molecule has 2 unspecified atom stereocenters. The topological polar surface area (TPSA) is 9.23 Å². The molecule has 0 aromatic heterocycles. The molecule has 1 nitrogen and oxygen atoms in total. The standard InChI is InChI=1S/C14H23BO/c1-4-6-15-9-12-7-13(10-15)11(3)14(8-12)16-5-2/h4,12-13H,1,5-10H2,2-3H3. The Morgan fingerprint density at radius 1 is 1.50 bits per heavy atom. The average molecular weight is 218 g/mol. The van der Waals surface area contributed by atoms with Crippen molar-refractivity contribution < 1.29 is 4.74 Å². The molecule has 0 saturated carbocycles. The molecule has 0 N–H and O–H groups in total. The summed E-state index contributed by atoms with van der Waals surface area (Å²) in [4.78, 5) is 0. The fraction of sp³-hybridized carbons (Fsp3) is 0.714. The molecule has 1 heterocycles. The molecule has 0 spiro atoms. The summed E-state index contributed by atoms with van der Waals surface area (Å²) in [5.41, 5.74) is 1.53. The molecule has 1 aliphatic heterocycles. The minimum atomic E-state index is 0.791. The van der Waals surface area contributed by atoms with E-state index in [2.05, 4.69) is 26.5 Å². The number of ether oxygens (including phenoxy) is 1. The first-order valence-corrected chi connectivity index (χ1v) is 6.67. The molecule has 2 atom stereocenters. The Morgan fingerprint density at radius 3 is 3.00 bits per heavy atom. The van der Waals surface area contributed by atoms with Gasteiger partial charge >= 0.3 is 0 Å². The second-order valence-corrected chi connectivity index (χ2v) is 5.40. The van der Waals surface area contributed by atoms with Gasteiger partial charge in [0.05, 0.1) is 12.4 Å². The van der Waals surface area contributed by atoms with Crippen LogP contribution in [0.1, 0.15) is 26.7 Å². The monoisotopic (exact) mass is 218 g/mol. The van der Waals surface area contributed by atoms with E-state index < -0.39 is 0 Å². The second-order valence-electron chi connectivity index (χ2n) is 5.40. The van der Waals surface area contributed by atoms with Crippen LogP contribution in [0, 0.1) is 11.8 Å². The zero-order chi connectivity index (χ0) is 11.5. The molecule has 0 radical (unpaired) electrons. The van der Waals surface area contributed by atoms with Gasteiger partial charge < -0.3 is 4.74 Å². The molecule has 0 amide bonds. The fourth-order valence-electron chi connectivity index (χ4n) is 3.51. The van der Waals surface area contributed by atoms with Crippen molar-refractivity contribution in [3.05, 3.63) is 24.0 Å². The number of rotatable bonds is 4. The average Bonchev–Trinajstić information content (AvgIpc) is 2.26. The van der Waals surface area contributed by atoms with E-state index in [-0.39, 0.29) is 0 Å². The minimum Gasteiger partial charge on any atom is -0.498 e. The SMILES string of the molecule is C=CCB1CC2CC(OCC)=C(C)C(C1)C2. The first-order valence-electron chi connectivity index (χ1n) is 6.67. The summed E-state index contributed by atoms with van der Waals surface area (Å²) in [6.45, 7) is 9.94. The van der Waals surface area contributed by atoms with E-state index in [4.69, 9.17) is 4.74 Å². The lowest BCUT2D eigenvalue weighted by molar-refractivity contribution is 0.181. The summed E-state index contributed by atoms with van der Waals surface area (Å²) in [6.07, 6.45) is 8.61. The predicted molar refractivity (Wildman–Crippen MR) is 70.9 cm³/mol. The lowest BCUT2D eigenvalue weighted by Crippen LogP contribution is -2.32. The fourth-order valence-corrected chi connectivity index (χ4v) is 3.51. The van der Waals surface area contributed by atoms with Gasteiger partial charge in [-0.2, -0.15) is 0 Å². The first-order chi connectivity index (χ1) is 7.74. The van der Waals surface area contributed by atoms with Crippen molar-refractivity contribution in [2.24, 2.45) is 11.8 Å². The van der Waals surface area contributed by atoms with Crippen LogP contribution in [0.15, 0.2) is 24.0 Å². The van der Waals surface area contributed by atoms with E-state index in [0.29, 0.717) is 0 Å². The molecule has 2 heteroatoms. The lowest BCUT2D eigenvalue weighted by Gasteiger charge is -2.39. The second kappa shape index (κ2) is 5.12. The van der Waals surface area contributed by atoms with Crippen LogP contribution in [-0.4, -0.2) is 13.3 Å². The maximum absolute atomic E-state index is 5.79. The van der Waals surface area contributed by atoms with Gasteiger partial charge in [-0.15, -0.1) is 6.58 Å². The summed E-state index contributed by atoms with van der Waals surface area (Å²) < 4.78 is 5.79. The lowest BCUT2D eigenvalue weighted by atomic mass is 9.34. The number of hydrogen-bond acceptors (Lipinski definition) is 1. The third-order valence-corrected chi connectivity index (χ3v) is 4.25. The van der Waals surface area contributed by atoms with Gasteiger partial charge in [0, 0.05) is 6.42 Å². The van der Waals surface area contributed by atoms with E-state index >= 15 is 0 Å². The Labute approximate surface area is 100 Å². The van der Waals surface area contributed by atoms with Crippen LogP contribution in [0.2, 0.25) is 19.0 Å². The van der Waals surface area contributed by atoms with E-state index in [1.54, 1.807) is 0 Å². The van der Waals surface area contributed by atoms with Gasteiger partial charge in [-0.05, 0) is 37.7 Å². The van der Waals surface area contributed by atoms with Crippen molar-refractivity contribution >= 4 is 6.71 Å². The number of fused-ring (bicyclic) bond motifs is 2. The predicted octanol–water partition coefficient (Wildman–Crippen LogP) is 4.02. The summed E-state index contributed by atoms with van der Waals surface area (Å²) in [5.74, 6) is 2.97. The summed E-state index contributed by atoms with van der Waals surface area (Å²) in [6, 6.07) is 0. The Balaban J connectivity index is 2.08. The van der Waals surface area contributed by atoms with Crippen LogP contribution < -0.4 is 0 Å². The first kappa shape index (κ1) is 11.8. The molecule has 0 aromatic rings. The third-order valence-electron chi connectivity index (χ3n) is 4.25. The number of hydrogen-bond donors (Lipinski definition) is 0. The van der Waals surface area contributed by atoms with Gasteiger partial charge in [0.25, 0.3) is 0 Å². The molecule has 1 saturated heterocycles. The van der Waals surface area contributed by atoms with Crippen LogP contribution in [0.5, 0.6) is 0 Å². The summed E-state index contributed by atoms with van der Waals surface area (Å²) in [7, 11) is 0. The third kappa shape index (κ3) is 2.36. The van der Waals surface area contributed by atoms with Crippen LogP contribution >= 0.6 is 0 Å². The number of allylic oxidation sites excluding steroid dienone is 3. The summed E-state index contributed by atoms with van der Waals surface area (Å²) in [5, 5.41) is 0. The maximum atomic E-state index is 5.79. The normalized spacial score (nSPS) is 29.2. The highest BCUT2D eigenvalue weighted by atomic mass is 16.5. The minimum absolute atomic E-state index is 0.791. The Hall–Kier alpha value is -0.655. The molecule has 88 valence electrons. The van der Waals surface area contributed by atoms with Gasteiger partial charge in [0.1, 0.15) is 6.71 Å². The zero-order valence-corrected chi connectivity index (χ0v) is 10.7. The van der Waals surface area contributed by atoms with Crippen LogP contribution in [0.3, 0.4) is 0 Å². The van der Waals surface area contributed by atoms with E-state index in [1.165, 1.54) is 43.1 Å². The smallest absolute Gasteiger partial charge is 0.144 e. The molecule has 1 fully saturated rings. The van der Waals surface area contributed by atoms with Gasteiger partial charge in [-0.1, -0.05) is 25.0 Å². The highest BCUT2D eigenvalue weighted by Gasteiger charge is 2.36. The molecular formula is C14H23BO. The molecule has 2 bridgehead atoms. The highest BCUT2D eigenvalue weighted by Crippen LogP contribution is 2.44. The van der Waals surface area contributed by atoms with Gasteiger partial charge in [-0.3, -0.25) is 0 Å². The van der Waals surface area contributed by atoms with Crippen LogP contribution in [0.4, 0.5) is 0 Å². The van der Waals surface area contributed by atoms with Gasteiger partial charge in [0.15, 0.2) is 0 Å².